The molecule has 94 valence electrons. The summed E-state index contributed by atoms with van der Waals surface area (Å²) in [6.45, 7) is 7.64. The molecule has 0 saturated carbocycles. The highest BCUT2D eigenvalue weighted by atomic mass is 15.0. The Hall–Kier alpha value is -1.09. The van der Waals surface area contributed by atoms with Gasteiger partial charge in [-0.1, -0.05) is 13.0 Å². The van der Waals surface area contributed by atoms with E-state index >= 15 is 0 Å². The number of aromatic nitrogens is 1. The second kappa shape index (κ2) is 5.50. The van der Waals surface area contributed by atoms with Crippen molar-refractivity contribution in [3.8, 4) is 0 Å². The van der Waals surface area contributed by atoms with E-state index in [1.54, 1.807) is 0 Å². The summed E-state index contributed by atoms with van der Waals surface area (Å²) >= 11 is 0. The molecule has 0 amide bonds. The van der Waals surface area contributed by atoms with E-state index in [1.807, 2.05) is 19.1 Å². The van der Waals surface area contributed by atoms with Gasteiger partial charge in [0.15, 0.2) is 0 Å². The van der Waals surface area contributed by atoms with Gasteiger partial charge >= 0.3 is 0 Å². The Morgan fingerprint density at radius 3 is 3.00 bits per heavy atom. The molecule has 2 heterocycles. The number of rotatable bonds is 4. The molecule has 2 N–H and O–H groups in total. The summed E-state index contributed by atoms with van der Waals surface area (Å²) in [4.78, 5) is 4.49. The third-order valence-corrected chi connectivity index (χ3v) is 3.84. The van der Waals surface area contributed by atoms with E-state index in [0.717, 1.165) is 24.6 Å². The summed E-state index contributed by atoms with van der Waals surface area (Å²) < 4.78 is 0. The van der Waals surface area contributed by atoms with Crippen LogP contribution >= 0.6 is 0 Å². The van der Waals surface area contributed by atoms with Crippen LogP contribution in [0, 0.1) is 12.3 Å². The summed E-state index contributed by atoms with van der Waals surface area (Å²) in [5.41, 5.74) is 1.48. The molecule has 3 heteroatoms. The average molecular weight is 233 g/mol. The maximum atomic E-state index is 4.49. The van der Waals surface area contributed by atoms with Gasteiger partial charge in [-0.3, -0.25) is 0 Å². The predicted octanol–water partition coefficient (Wildman–Crippen LogP) is 2.58. The van der Waals surface area contributed by atoms with E-state index in [-0.39, 0.29) is 0 Å². The summed E-state index contributed by atoms with van der Waals surface area (Å²) in [5.74, 6) is 1.00. The van der Waals surface area contributed by atoms with Crippen LogP contribution in [0.25, 0.3) is 0 Å². The topological polar surface area (TPSA) is 37.0 Å². The van der Waals surface area contributed by atoms with Crippen LogP contribution in [-0.2, 0) is 0 Å². The minimum absolute atomic E-state index is 0.406. The molecule has 1 aliphatic heterocycles. The number of nitrogens with one attached hydrogen (secondary N) is 2. The molecule has 1 aromatic rings. The Morgan fingerprint density at radius 2 is 2.35 bits per heavy atom. The monoisotopic (exact) mass is 233 g/mol. The molecule has 1 fully saturated rings. The fraction of sp³-hybridized carbons (Fsp3) is 0.643. The first kappa shape index (κ1) is 12.4. The largest absolute Gasteiger partial charge is 0.369 e. The van der Waals surface area contributed by atoms with Gasteiger partial charge in [0.25, 0.3) is 0 Å². The second-order valence-corrected chi connectivity index (χ2v) is 5.15. The zero-order chi connectivity index (χ0) is 12.1. The van der Waals surface area contributed by atoms with Crippen molar-refractivity contribution in [2.45, 2.75) is 33.1 Å². The maximum absolute atomic E-state index is 4.49. The van der Waals surface area contributed by atoms with Crippen LogP contribution in [0.3, 0.4) is 0 Å². The van der Waals surface area contributed by atoms with Crippen molar-refractivity contribution in [2.24, 2.45) is 5.41 Å². The highest BCUT2D eigenvalue weighted by Crippen LogP contribution is 2.30. The molecule has 1 atom stereocenters. The second-order valence-electron chi connectivity index (χ2n) is 5.15. The van der Waals surface area contributed by atoms with Gasteiger partial charge in [-0.25, -0.2) is 4.98 Å². The van der Waals surface area contributed by atoms with Gasteiger partial charge in [0.05, 0.1) is 0 Å². The molecule has 0 aromatic carbocycles. The van der Waals surface area contributed by atoms with Crippen molar-refractivity contribution in [2.75, 3.05) is 25.0 Å². The van der Waals surface area contributed by atoms with Crippen molar-refractivity contribution in [1.29, 1.82) is 0 Å². The third kappa shape index (κ3) is 3.19. The molecular weight excluding hydrogens is 210 g/mol. The SMILES string of the molecule is CCC1(CNc2cccc(C)n2)CCCNC1. The maximum Gasteiger partial charge on any atom is 0.126 e. The van der Waals surface area contributed by atoms with Crippen LogP contribution < -0.4 is 10.6 Å². The average Bonchev–Trinajstić information content (AvgIpc) is 2.38. The number of piperidine rings is 1. The van der Waals surface area contributed by atoms with E-state index in [1.165, 1.54) is 25.8 Å². The lowest BCUT2D eigenvalue weighted by atomic mass is 9.78. The van der Waals surface area contributed by atoms with Gasteiger partial charge in [0.2, 0.25) is 0 Å². The molecule has 2 rings (SSSR count). The molecule has 17 heavy (non-hydrogen) atoms. The van der Waals surface area contributed by atoms with Crippen LogP contribution in [0.1, 0.15) is 31.9 Å². The normalized spacial score (nSPS) is 24.6. The van der Waals surface area contributed by atoms with Crippen molar-refractivity contribution in [1.82, 2.24) is 10.3 Å². The number of anilines is 1. The molecule has 1 aliphatic rings. The van der Waals surface area contributed by atoms with E-state index in [0.29, 0.717) is 5.41 Å². The van der Waals surface area contributed by atoms with Gasteiger partial charge < -0.3 is 10.6 Å². The zero-order valence-electron chi connectivity index (χ0n) is 10.9. The highest BCUT2D eigenvalue weighted by Gasteiger charge is 2.29. The Kier molecular flexibility index (Phi) is 4.00. The van der Waals surface area contributed by atoms with Crippen molar-refractivity contribution < 1.29 is 0 Å². The number of hydrogen-bond donors (Lipinski definition) is 2. The summed E-state index contributed by atoms with van der Waals surface area (Å²) in [5, 5.41) is 7.01. The highest BCUT2D eigenvalue weighted by molar-refractivity contribution is 5.35. The Morgan fingerprint density at radius 1 is 1.47 bits per heavy atom. The standard InChI is InChI=1S/C14H23N3/c1-3-14(8-5-9-15-10-14)11-16-13-7-4-6-12(2)17-13/h4,6-7,15H,3,5,8-11H2,1-2H3,(H,16,17). The van der Waals surface area contributed by atoms with Gasteiger partial charge in [-0.15, -0.1) is 0 Å². The molecule has 0 spiro atoms. The lowest BCUT2D eigenvalue weighted by molar-refractivity contribution is 0.216. The summed E-state index contributed by atoms with van der Waals surface area (Å²) in [6, 6.07) is 6.14. The van der Waals surface area contributed by atoms with Gasteiger partial charge in [-0.05, 0) is 50.3 Å². The smallest absolute Gasteiger partial charge is 0.126 e. The molecule has 0 bridgehead atoms. The third-order valence-electron chi connectivity index (χ3n) is 3.84. The fourth-order valence-corrected chi connectivity index (χ4v) is 2.53. The van der Waals surface area contributed by atoms with E-state index < -0.39 is 0 Å². The van der Waals surface area contributed by atoms with Gasteiger partial charge in [0, 0.05) is 18.8 Å². The summed E-state index contributed by atoms with van der Waals surface area (Å²) in [7, 11) is 0. The molecule has 3 nitrogen and oxygen atoms in total. The molecular formula is C14H23N3. The van der Waals surface area contributed by atoms with Crippen LogP contribution in [0.15, 0.2) is 18.2 Å². The Balaban J connectivity index is 1.95. The predicted molar refractivity (Wildman–Crippen MR) is 72.3 cm³/mol. The number of aryl methyl sites for hydroxylation is 1. The molecule has 1 aromatic heterocycles. The van der Waals surface area contributed by atoms with Crippen molar-refractivity contribution in [3.63, 3.8) is 0 Å². The summed E-state index contributed by atoms with van der Waals surface area (Å²) in [6.07, 6.45) is 3.82. The van der Waals surface area contributed by atoms with Crippen LogP contribution in [0.4, 0.5) is 5.82 Å². The first-order valence-corrected chi connectivity index (χ1v) is 6.62. The van der Waals surface area contributed by atoms with Gasteiger partial charge in [-0.2, -0.15) is 0 Å². The van der Waals surface area contributed by atoms with Crippen LogP contribution in [-0.4, -0.2) is 24.6 Å². The van der Waals surface area contributed by atoms with Crippen molar-refractivity contribution >= 4 is 5.82 Å². The minimum Gasteiger partial charge on any atom is -0.369 e. The van der Waals surface area contributed by atoms with Crippen molar-refractivity contribution in [3.05, 3.63) is 23.9 Å². The first-order chi connectivity index (χ1) is 8.24. The minimum atomic E-state index is 0.406. The van der Waals surface area contributed by atoms with E-state index in [9.17, 15) is 0 Å². The fourth-order valence-electron chi connectivity index (χ4n) is 2.53. The molecule has 0 aliphatic carbocycles. The molecule has 1 saturated heterocycles. The quantitative estimate of drug-likeness (QED) is 0.839. The number of pyridine rings is 1. The Labute approximate surface area is 104 Å². The number of nitrogens with zero attached hydrogens (tertiary/aromatic N) is 1. The van der Waals surface area contributed by atoms with E-state index in [2.05, 4.69) is 28.6 Å². The zero-order valence-corrected chi connectivity index (χ0v) is 10.9. The van der Waals surface area contributed by atoms with E-state index in [4.69, 9.17) is 0 Å². The van der Waals surface area contributed by atoms with Gasteiger partial charge in [0.1, 0.15) is 5.82 Å². The van der Waals surface area contributed by atoms with Crippen LogP contribution in [0.5, 0.6) is 0 Å². The lowest BCUT2D eigenvalue weighted by Gasteiger charge is -2.37. The lowest BCUT2D eigenvalue weighted by Crippen LogP contribution is -2.44. The first-order valence-electron chi connectivity index (χ1n) is 6.62. The molecule has 1 unspecified atom stereocenters. The Bertz CT molecular complexity index is 356. The number of hydrogen-bond acceptors (Lipinski definition) is 3. The molecule has 0 radical (unpaired) electrons. The van der Waals surface area contributed by atoms with Crippen LogP contribution in [0.2, 0.25) is 0 Å².